The summed E-state index contributed by atoms with van der Waals surface area (Å²) >= 11 is 0. The molecule has 0 saturated heterocycles. The first-order chi connectivity index (χ1) is 11.8. The molecule has 0 bridgehead atoms. The third-order valence-corrected chi connectivity index (χ3v) is 4.13. The molecule has 0 spiro atoms. The average Bonchev–Trinajstić information content (AvgIpc) is 2.64. The Morgan fingerprint density at radius 2 is 1.25 bits per heavy atom. The number of hydrogen-bond acceptors (Lipinski definition) is 3. The summed E-state index contributed by atoms with van der Waals surface area (Å²) in [5.74, 6) is 0. The number of aromatic nitrogens is 2. The van der Waals surface area contributed by atoms with E-state index in [1.165, 1.54) is 11.3 Å². The molecular weight excluding hydrogens is 294 g/mol. The average molecular weight is 317 g/mol. The second-order valence-corrected chi connectivity index (χ2v) is 5.96. The second kappa shape index (κ2) is 8.25. The van der Waals surface area contributed by atoms with Crippen molar-refractivity contribution in [1.82, 2.24) is 9.97 Å². The van der Waals surface area contributed by atoms with Gasteiger partial charge in [0.1, 0.15) is 0 Å². The van der Waals surface area contributed by atoms with E-state index in [1.807, 2.05) is 36.7 Å². The Morgan fingerprint density at radius 1 is 0.708 bits per heavy atom. The van der Waals surface area contributed by atoms with Crippen LogP contribution in [0.1, 0.15) is 17.0 Å². The predicted molar refractivity (Wildman–Crippen MR) is 99.3 cm³/mol. The highest BCUT2D eigenvalue weighted by molar-refractivity contribution is 5.47. The molecule has 0 saturated carbocycles. The van der Waals surface area contributed by atoms with E-state index in [1.54, 1.807) is 0 Å². The third-order valence-electron chi connectivity index (χ3n) is 4.13. The minimum atomic E-state index is 0.941. The summed E-state index contributed by atoms with van der Waals surface area (Å²) in [6.45, 7) is 4.02. The van der Waals surface area contributed by atoms with Crippen molar-refractivity contribution in [3.63, 3.8) is 0 Å². The fourth-order valence-electron chi connectivity index (χ4n) is 2.72. The molecule has 3 rings (SSSR count). The van der Waals surface area contributed by atoms with Gasteiger partial charge in [-0.1, -0.05) is 29.8 Å². The van der Waals surface area contributed by atoms with Gasteiger partial charge >= 0.3 is 0 Å². The largest absolute Gasteiger partial charge is 0.371 e. The van der Waals surface area contributed by atoms with Gasteiger partial charge in [0.25, 0.3) is 0 Å². The molecule has 2 aromatic heterocycles. The summed E-state index contributed by atoms with van der Waals surface area (Å²) in [7, 11) is 0. The molecule has 3 heteroatoms. The molecule has 0 radical (unpaired) electrons. The van der Waals surface area contributed by atoms with E-state index < -0.39 is 0 Å². The molecule has 122 valence electrons. The van der Waals surface area contributed by atoms with Gasteiger partial charge in [0.15, 0.2) is 0 Å². The Morgan fingerprint density at radius 3 is 1.71 bits per heavy atom. The maximum Gasteiger partial charge on any atom is 0.0421 e. The van der Waals surface area contributed by atoms with Gasteiger partial charge in [-0.15, -0.1) is 0 Å². The van der Waals surface area contributed by atoms with Crippen molar-refractivity contribution < 1.29 is 0 Å². The fraction of sp³-hybridized carbons (Fsp3) is 0.238. The van der Waals surface area contributed by atoms with Gasteiger partial charge in [-0.25, -0.2) is 0 Å². The van der Waals surface area contributed by atoms with Crippen LogP contribution in [-0.4, -0.2) is 23.1 Å². The van der Waals surface area contributed by atoms with Gasteiger partial charge in [-0.3, -0.25) is 9.97 Å². The molecule has 0 N–H and O–H groups in total. The lowest BCUT2D eigenvalue weighted by Gasteiger charge is -2.25. The number of anilines is 1. The van der Waals surface area contributed by atoms with E-state index in [9.17, 15) is 0 Å². The van der Waals surface area contributed by atoms with Crippen molar-refractivity contribution in [2.24, 2.45) is 0 Å². The first-order valence-electron chi connectivity index (χ1n) is 8.43. The molecule has 2 heterocycles. The number of nitrogens with zero attached hydrogens (tertiary/aromatic N) is 3. The van der Waals surface area contributed by atoms with Crippen LogP contribution in [0.3, 0.4) is 0 Å². The number of pyridine rings is 2. The van der Waals surface area contributed by atoms with E-state index in [4.69, 9.17) is 0 Å². The van der Waals surface area contributed by atoms with Crippen LogP contribution in [0.25, 0.3) is 0 Å². The number of aryl methyl sites for hydroxylation is 1. The van der Waals surface area contributed by atoms with Crippen LogP contribution in [0.5, 0.6) is 0 Å². The molecular formula is C21H23N3. The highest BCUT2D eigenvalue weighted by Gasteiger charge is 2.08. The summed E-state index contributed by atoms with van der Waals surface area (Å²) < 4.78 is 0. The Hall–Kier alpha value is -2.68. The molecule has 0 fully saturated rings. The van der Waals surface area contributed by atoms with Gasteiger partial charge in [-0.05, 0) is 43.3 Å². The first-order valence-corrected chi connectivity index (χ1v) is 8.43. The normalized spacial score (nSPS) is 10.5. The van der Waals surface area contributed by atoms with Crippen molar-refractivity contribution in [2.75, 3.05) is 18.0 Å². The quantitative estimate of drug-likeness (QED) is 0.657. The van der Waals surface area contributed by atoms with Crippen LogP contribution in [0.4, 0.5) is 5.69 Å². The molecule has 0 amide bonds. The summed E-state index contributed by atoms with van der Waals surface area (Å²) in [4.78, 5) is 11.3. The third kappa shape index (κ3) is 4.66. The number of benzene rings is 1. The lowest BCUT2D eigenvalue weighted by atomic mass is 10.1. The van der Waals surface area contributed by atoms with Crippen molar-refractivity contribution in [1.29, 1.82) is 0 Å². The van der Waals surface area contributed by atoms with Crippen LogP contribution in [0.2, 0.25) is 0 Å². The van der Waals surface area contributed by atoms with Crippen LogP contribution >= 0.6 is 0 Å². The predicted octanol–water partition coefficient (Wildman–Crippen LogP) is 4.08. The zero-order valence-electron chi connectivity index (χ0n) is 14.1. The lowest BCUT2D eigenvalue weighted by Crippen LogP contribution is -2.28. The van der Waals surface area contributed by atoms with E-state index >= 15 is 0 Å². The molecule has 3 nitrogen and oxygen atoms in total. The van der Waals surface area contributed by atoms with Gasteiger partial charge in [0.2, 0.25) is 0 Å². The topological polar surface area (TPSA) is 29.0 Å². The van der Waals surface area contributed by atoms with Crippen LogP contribution in [0, 0.1) is 6.92 Å². The van der Waals surface area contributed by atoms with Gasteiger partial charge < -0.3 is 4.90 Å². The van der Waals surface area contributed by atoms with Crippen molar-refractivity contribution in [2.45, 2.75) is 19.8 Å². The van der Waals surface area contributed by atoms with E-state index in [0.29, 0.717) is 0 Å². The maximum atomic E-state index is 4.44. The second-order valence-electron chi connectivity index (χ2n) is 5.96. The number of hydrogen-bond donors (Lipinski definition) is 0. The molecule has 1 aromatic carbocycles. The van der Waals surface area contributed by atoms with E-state index in [0.717, 1.165) is 37.3 Å². The van der Waals surface area contributed by atoms with Gasteiger partial charge in [0, 0.05) is 55.4 Å². The molecule has 3 aromatic rings. The molecule has 0 unspecified atom stereocenters. The Bertz CT molecular complexity index is 681. The minimum absolute atomic E-state index is 0.941. The van der Waals surface area contributed by atoms with Gasteiger partial charge in [-0.2, -0.15) is 0 Å². The summed E-state index contributed by atoms with van der Waals surface area (Å²) in [5, 5.41) is 0. The van der Waals surface area contributed by atoms with Gasteiger partial charge in [0.05, 0.1) is 0 Å². The first kappa shape index (κ1) is 16.2. The summed E-state index contributed by atoms with van der Waals surface area (Å²) in [5.41, 5.74) is 4.81. The Balaban J connectivity index is 1.69. The van der Waals surface area contributed by atoms with E-state index in [2.05, 4.69) is 58.2 Å². The summed E-state index contributed by atoms with van der Waals surface area (Å²) in [6, 6.07) is 20.9. The minimum Gasteiger partial charge on any atom is -0.371 e. The molecule has 24 heavy (non-hydrogen) atoms. The maximum absolute atomic E-state index is 4.44. The zero-order valence-corrected chi connectivity index (χ0v) is 14.1. The summed E-state index contributed by atoms with van der Waals surface area (Å²) in [6.07, 6.45) is 5.60. The highest BCUT2D eigenvalue weighted by atomic mass is 15.1. The Kier molecular flexibility index (Phi) is 5.56. The molecule has 0 aliphatic heterocycles. The lowest BCUT2D eigenvalue weighted by molar-refractivity contribution is 0.751. The fourth-order valence-corrected chi connectivity index (χ4v) is 2.72. The zero-order chi connectivity index (χ0) is 16.6. The number of rotatable bonds is 7. The van der Waals surface area contributed by atoms with E-state index in [-0.39, 0.29) is 0 Å². The molecule has 0 aliphatic rings. The Labute approximate surface area is 144 Å². The van der Waals surface area contributed by atoms with Crippen LogP contribution in [-0.2, 0) is 12.8 Å². The van der Waals surface area contributed by atoms with Crippen LogP contribution < -0.4 is 4.90 Å². The van der Waals surface area contributed by atoms with Crippen LogP contribution in [0.15, 0.2) is 73.1 Å². The van der Waals surface area contributed by atoms with Crippen molar-refractivity contribution >= 4 is 5.69 Å². The highest BCUT2D eigenvalue weighted by Crippen LogP contribution is 2.16. The molecule has 0 atom stereocenters. The monoisotopic (exact) mass is 317 g/mol. The van der Waals surface area contributed by atoms with Crippen molar-refractivity contribution in [3.05, 3.63) is 90.0 Å². The standard InChI is InChI=1S/C21H23N3/c1-18-8-10-21(11-9-18)24(16-12-19-6-2-4-14-22-19)17-13-20-7-3-5-15-23-20/h2-11,14-15H,12-13,16-17H2,1H3. The smallest absolute Gasteiger partial charge is 0.0421 e. The SMILES string of the molecule is Cc1ccc(N(CCc2ccccn2)CCc2ccccn2)cc1. The molecule has 0 aliphatic carbocycles. The van der Waals surface area contributed by atoms with Crippen molar-refractivity contribution in [3.8, 4) is 0 Å².